The van der Waals surface area contributed by atoms with Crippen molar-refractivity contribution in [3.63, 3.8) is 0 Å². The first-order chi connectivity index (χ1) is 13.5. The van der Waals surface area contributed by atoms with Gasteiger partial charge in [0.05, 0.1) is 13.2 Å². The molecule has 28 heavy (non-hydrogen) atoms. The van der Waals surface area contributed by atoms with Crippen LogP contribution in [-0.2, 0) is 16.6 Å². The van der Waals surface area contributed by atoms with Gasteiger partial charge >= 0.3 is 0 Å². The van der Waals surface area contributed by atoms with Crippen LogP contribution in [0.5, 0.6) is 5.75 Å². The lowest BCUT2D eigenvalue weighted by Crippen LogP contribution is -2.35. The van der Waals surface area contributed by atoms with E-state index in [-0.39, 0.29) is 5.91 Å². The Kier molecular flexibility index (Phi) is 7.09. The number of nitrogens with zero attached hydrogens (tertiary/aromatic N) is 1. The van der Waals surface area contributed by atoms with E-state index in [0.717, 1.165) is 30.6 Å². The standard InChI is InChI=1S/C20H26N2O4S2/c1-2-13-26-17-8-6-7-16(14-17)20(23)21-15-18-9-10-19(27-18)28(24,25)22-11-4-3-5-12-22/h6-10,14H,2-5,11-13,15H2,1H3,(H,21,23). The SMILES string of the molecule is CCCOc1cccc(C(=O)NCc2ccc(S(=O)(=O)N3CCCCC3)s2)c1. The Bertz CT molecular complexity index is 902. The zero-order valence-corrected chi connectivity index (χ0v) is 17.7. The normalized spacial score (nSPS) is 15.3. The highest BCUT2D eigenvalue weighted by molar-refractivity contribution is 7.91. The maximum Gasteiger partial charge on any atom is 0.252 e. The molecule has 152 valence electrons. The van der Waals surface area contributed by atoms with Crippen molar-refractivity contribution >= 4 is 27.3 Å². The molecule has 8 heteroatoms. The number of piperidine rings is 1. The van der Waals surface area contributed by atoms with Crippen LogP contribution in [0.15, 0.2) is 40.6 Å². The molecule has 1 aliphatic heterocycles. The Morgan fingerprint density at radius 2 is 1.96 bits per heavy atom. The molecule has 3 rings (SSSR count). The number of rotatable bonds is 8. The monoisotopic (exact) mass is 422 g/mol. The third kappa shape index (κ3) is 5.12. The summed E-state index contributed by atoms with van der Waals surface area (Å²) in [6.45, 7) is 4.09. The molecule has 1 amide bonds. The summed E-state index contributed by atoms with van der Waals surface area (Å²) >= 11 is 1.22. The van der Waals surface area contributed by atoms with Crippen molar-refractivity contribution in [1.29, 1.82) is 0 Å². The van der Waals surface area contributed by atoms with Crippen LogP contribution in [0.3, 0.4) is 0 Å². The summed E-state index contributed by atoms with van der Waals surface area (Å²) < 4.78 is 32.9. The summed E-state index contributed by atoms with van der Waals surface area (Å²) in [5.41, 5.74) is 0.520. The van der Waals surface area contributed by atoms with Crippen molar-refractivity contribution in [2.75, 3.05) is 19.7 Å². The molecule has 2 heterocycles. The van der Waals surface area contributed by atoms with Gasteiger partial charge in [0, 0.05) is 23.5 Å². The fourth-order valence-electron chi connectivity index (χ4n) is 3.04. The Labute approximate surface area is 170 Å². The van der Waals surface area contributed by atoms with Gasteiger partial charge in [-0.25, -0.2) is 8.42 Å². The van der Waals surface area contributed by atoms with E-state index in [0.29, 0.717) is 41.8 Å². The highest BCUT2D eigenvalue weighted by atomic mass is 32.2. The van der Waals surface area contributed by atoms with E-state index in [1.165, 1.54) is 11.3 Å². The number of thiophene rings is 1. The molecular formula is C20H26N2O4S2. The quantitative estimate of drug-likeness (QED) is 0.705. The molecule has 0 saturated carbocycles. The Morgan fingerprint density at radius 1 is 1.18 bits per heavy atom. The van der Waals surface area contributed by atoms with Gasteiger partial charge in [0.25, 0.3) is 15.9 Å². The number of hydrogen-bond donors (Lipinski definition) is 1. The molecule has 1 aromatic carbocycles. The Hall–Kier alpha value is -1.90. The number of carbonyl (C=O) groups is 1. The first kappa shape index (κ1) is 20.8. The maximum absolute atomic E-state index is 12.7. The van der Waals surface area contributed by atoms with Gasteiger partial charge < -0.3 is 10.1 Å². The molecule has 6 nitrogen and oxygen atoms in total. The van der Waals surface area contributed by atoms with E-state index in [1.54, 1.807) is 34.6 Å². The lowest BCUT2D eigenvalue weighted by Gasteiger charge is -2.25. The van der Waals surface area contributed by atoms with Crippen molar-refractivity contribution in [3.05, 3.63) is 46.8 Å². The van der Waals surface area contributed by atoms with E-state index in [4.69, 9.17) is 4.74 Å². The first-order valence-electron chi connectivity index (χ1n) is 9.60. The summed E-state index contributed by atoms with van der Waals surface area (Å²) in [5.74, 6) is 0.455. The summed E-state index contributed by atoms with van der Waals surface area (Å²) in [7, 11) is -3.42. The maximum atomic E-state index is 12.7. The minimum Gasteiger partial charge on any atom is -0.494 e. The van der Waals surface area contributed by atoms with Crippen LogP contribution in [0.4, 0.5) is 0 Å². The molecule has 1 aromatic heterocycles. The van der Waals surface area contributed by atoms with Crippen LogP contribution < -0.4 is 10.1 Å². The molecule has 0 radical (unpaired) electrons. The van der Waals surface area contributed by atoms with Crippen LogP contribution >= 0.6 is 11.3 Å². The number of amides is 1. The van der Waals surface area contributed by atoms with Crippen molar-refractivity contribution in [1.82, 2.24) is 9.62 Å². The highest BCUT2D eigenvalue weighted by Gasteiger charge is 2.27. The third-order valence-electron chi connectivity index (χ3n) is 4.54. The van der Waals surface area contributed by atoms with Gasteiger partial charge in [0.1, 0.15) is 9.96 Å². The van der Waals surface area contributed by atoms with Gasteiger partial charge in [-0.1, -0.05) is 19.4 Å². The summed E-state index contributed by atoms with van der Waals surface area (Å²) in [6, 6.07) is 10.5. The number of nitrogens with one attached hydrogen (secondary N) is 1. The van der Waals surface area contributed by atoms with Gasteiger partial charge in [-0.3, -0.25) is 4.79 Å². The number of carbonyl (C=O) groups excluding carboxylic acids is 1. The van der Waals surface area contributed by atoms with Crippen molar-refractivity contribution < 1.29 is 17.9 Å². The molecule has 0 atom stereocenters. The number of hydrogen-bond acceptors (Lipinski definition) is 5. The minimum absolute atomic E-state index is 0.212. The van der Waals surface area contributed by atoms with Gasteiger partial charge in [-0.05, 0) is 49.6 Å². The second-order valence-electron chi connectivity index (χ2n) is 6.74. The van der Waals surface area contributed by atoms with E-state index in [9.17, 15) is 13.2 Å². The largest absolute Gasteiger partial charge is 0.494 e. The highest BCUT2D eigenvalue weighted by Crippen LogP contribution is 2.27. The fourth-order valence-corrected chi connectivity index (χ4v) is 6.01. The smallest absolute Gasteiger partial charge is 0.252 e. The van der Waals surface area contributed by atoms with Crippen LogP contribution in [0, 0.1) is 0 Å². The number of sulfonamides is 1. The molecule has 0 aliphatic carbocycles. The lowest BCUT2D eigenvalue weighted by atomic mass is 10.2. The van der Waals surface area contributed by atoms with Gasteiger partial charge in [0.2, 0.25) is 0 Å². The molecule has 1 N–H and O–H groups in total. The zero-order valence-electron chi connectivity index (χ0n) is 16.0. The van der Waals surface area contributed by atoms with Crippen LogP contribution in [0.1, 0.15) is 47.8 Å². The molecule has 2 aromatic rings. The van der Waals surface area contributed by atoms with E-state index < -0.39 is 10.0 Å². The van der Waals surface area contributed by atoms with Crippen LogP contribution in [0.25, 0.3) is 0 Å². The van der Waals surface area contributed by atoms with E-state index in [2.05, 4.69) is 5.32 Å². The summed E-state index contributed by atoms with van der Waals surface area (Å²) in [4.78, 5) is 13.2. The molecule has 0 spiro atoms. The summed E-state index contributed by atoms with van der Waals surface area (Å²) in [5, 5.41) is 2.85. The van der Waals surface area contributed by atoms with Crippen molar-refractivity contribution in [2.45, 2.75) is 43.4 Å². The lowest BCUT2D eigenvalue weighted by molar-refractivity contribution is 0.0951. The van der Waals surface area contributed by atoms with Gasteiger partial charge in [-0.2, -0.15) is 4.31 Å². The van der Waals surface area contributed by atoms with Crippen LogP contribution in [-0.4, -0.2) is 38.3 Å². The van der Waals surface area contributed by atoms with Gasteiger partial charge in [-0.15, -0.1) is 11.3 Å². The van der Waals surface area contributed by atoms with Crippen molar-refractivity contribution in [3.8, 4) is 5.75 Å². The fraction of sp³-hybridized carbons (Fsp3) is 0.450. The predicted molar refractivity (Wildman–Crippen MR) is 110 cm³/mol. The zero-order chi connectivity index (χ0) is 20.0. The van der Waals surface area contributed by atoms with Gasteiger partial charge in [0.15, 0.2) is 0 Å². The number of benzene rings is 1. The molecule has 0 bridgehead atoms. The minimum atomic E-state index is -3.42. The predicted octanol–water partition coefficient (Wildman–Crippen LogP) is 3.64. The molecule has 1 fully saturated rings. The van der Waals surface area contributed by atoms with E-state index in [1.807, 2.05) is 13.0 Å². The second kappa shape index (κ2) is 9.54. The average Bonchev–Trinajstić information content (AvgIpc) is 3.21. The first-order valence-corrected chi connectivity index (χ1v) is 11.9. The molecule has 1 saturated heterocycles. The topological polar surface area (TPSA) is 75.7 Å². The van der Waals surface area contributed by atoms with Crippen molar-refractivity contribution in [2.24, 2.45) is 0 Å². The number of ether oxygens (including phenoxy) is 1. The second-order valence-corrected chi connectivity index (χ2v) is 10.1. The Morgan fingerprint density at radius 3 is 2.71 bits per heavy atom. The summed E-state index contributed by atoms with van der Waals surface area (Å²) in [6.07, 6.45) is 3.80. The average molecular weight is 423 g/mol. The third-order valence-corrected chi connectivity index (χ3v) is 7.99. The van der Waals surface area contributed by atoms with Crippen LogP contribution in [0.2, 0.25) is 0 Å². The molecular weight excluding hydrogens is 396 g/mol. The molecule has 1 aliphatic rings. The Balaban J connectivity index is 1.60. The molecule has 0 unspecified atom stereocenters. The van der Waals surface area contributed by atoms with E-state index >= 15 is 0 Å².